The first kappa shape index (κ1) is 13.4. The van der Waals surface area contributed by atoms with Gasteiger partial charge in [-0.15, -0.1) is 11.3 Å². The van der Waals surface area contributed by atoms with Crippen LogP contribution < -0.4 is 5.63 Å². The molecular weight excluding hydrogens is 270 g/mol. The SMILES string of the molecule is CCOC(=O)c1nc2sc(C(C)=O)c(C)c2c(=O)o1. The van der Waals surface area contributed by atoms with E-state index in [2.05, 4.69) is 4.98 Å². The van der Waals surface area contributed by atoms with Crippen molar-refractivity contribution in [1.29, 1.82) is 0 Å². The van der Waals surface area contributed by atoms with Gasteiger partial charge in [0.2, 0.25) is 0 Å². The summed E-state index contributed by atoms with van der Waals surface area (Å²) in [5.74, 6) is -1.34. The van der Waals surface area contributed by atoms with Crippen molar-refractivity contribution < 1.29 is 18.7 Å². The normalized spacial score (nSPS) is 10.7. The molecule has 0 N–H and O–H groups in total. The van der Waals surface area contributed by atoms with Crippen LogP contribution in [0.15, 0.2) is 9.21 Å². The second-order valence-electron chi connectivity index (χ2n) is 3.82. The summed E-state index contributed by atoms with van der Waals surface area (Å²) in [5, 5.41) is 0.239. The average molecular weight is 281 g/mol. The van der Waals surface area contributed by atoms with E-state index in [4.69, 9.17) is 9.15 Å². The van der Waals surface area contributed by atoms with Crippen LogP contribution in [-0.4, -0.2) is 23.3 Å². The zero-order valence-electron chi connectivity index (χ0n) is 10.6. The molecule has 0 aliphatic carbocycles. The van der Waals surface area contributed by atoms with Gasteiger partial charge in [-0.2, -0.15) is 4.98 Å². The highest BCUT2D eigenvalue weighted by atomic mass is 32.1. The van der Waals surface area contributed by atoms with Gasteiger partial charge in [-0.25, -0.2) is 9.59 Å². The molecule has 0 saturated carbocycles. The number of nitrogens with zero attached hydrogens (tertiary/aromatic N) is 1. The Bertz CT molecular complexity index is 728. The third-order valence-corrected chi connectivity index (χ3v) is 3.78. The standard InChI is InChI=1S/C12H11NO5S/c1-4-17-12(16)9-13-10-7(11(15)18-9)5(2)8(19-10)6(3)14/h4H2,1-3H3. The lowest BCUT2D eigenvalue weighted by Gasteiger charge is -1.98. The van der Waals surface area contributed by atoms with Gasteiger partial charge in [0, 0.05) is 0 Å². The number of carbonyl (C=O) groups excluding carboxylic acids is 2. The van der Waals surface area contributed by atoms with Crippen LogP contribution in [-0.2, 0) is 4.74 Å². The maximum atomic E-state index is 11.8. The molecule has 0 aromatic carbocycles. The zero-order chi connectivity index (χ0) is 14.2. The van der Waals surface area contributed by atoms with Gasteiger partial charge in [0.25, 0.3) is 0 Å². The number of ketones is 1. The molecular formula is C12H11NO5S. The molecule has 0 aliphatic rings. The van der Waals surface area contributed by atoms with Crippen LogP contribution in [0.5, 0.6) is 0 Å². The van der Waals surface area contributed by atoms with Crippen LogP contribution in [0.3, 0.4) is 0 Å². The fraction of sp³-hybridized carbons (Fsp3) is 0.333. The van der Waals surface area contributed by atoms with Crippen molar-refractivity contribution in [1.82, 2.24) is 4.98 Å². The lowest BCUT2D eigenvalue weighted by atomic mass is 10.2. The maximum absolute atomic E-state index is 11.8. The number of fused-ring (bicyclic) bond motifs is 1. The molecule has 2 aromatic heterocycles. The molecule has 0 saturated heterocycles. The molecule has 0 atom stereocenters. The molecule has 0 aliphatic heterocycles. The Balaban J connectivity index is 2.68. The Morgan fingerprint density at radius 3 is 2.68 bits per heavy atom. The minimum atomic E-state index is -0.795. The minimum absolute atomic E-state index is 0.155. The predicted octanol–water partition coefficient (Wildman–Crippen LogP) is 1.94. The van der Waals surface area contributed by atoms with E-state index in [1.807, 2.05) is 0 Å². The van der Waals surface area contributed by atoms with E-state index in [-0.39, 0.29) is 17.8 Å². The molecule has 2 heterocycles. The van der Waals surface area contributed by atoms with Gasteiger partial charge in [-0.1, -0.05) is 0 Å². The minimum Gasteiger partial charge on any atom is -0.459 e. The van der Waals surface area contributed by atoms with Crippen LogP contribution in [0.1, 0.15) is 39.8 Å². The van der Waals surface area contributed by atoms with E-state index in [1.54, 1.807) is 13.8 Å². The Hall–Kier alpha value is -2.02. The summed E-state index contributed by atoms with van der Waals surface area (Å²) >= 11 is 1.07. The van der Waals surface area contributed by atoms with E-state index in [0.29, 0.717) is 15.3 Å². The lowest BCUT2D eigenvalue weighted by Crippen LogP contribution is -2.12. The molecule has 2 aromatic rings. The summed E-state index contributed by atoms with van der Waals surface area (Å²) in [5.41, 5.74) is -0.154. The average Bonchev–Trinajstić information content (AvgIpc) is 2.67. The molecule has 0 amide bonds. The molecule has 0 radical (unpaired) electrons. The highest BCUT2D eigenvalue weighted by molar-refractivity contribution is 7.20. The lowest BCUT2D eigenvalue weighted by molar-refractivity contribution is 0.0474. The molecule has 0 spiro atoms. The van der Waals surface area contributed by atoms with Crippen molar-refractivity contribution in [2.45, 2.75) is 20.8 Å². The van der Waals surface area contributed by atoms with Crippen molar-refractivity contribution in [3.63, 3.8) is 0 Å². The van der Waals surface area contributed by atoms with Crippen molar-refractivity contribution in [2.75, 3.05) is 6.61 Å². The van der Waals surface area contributed by atoms with Crippen LogP contribution >= 0.6 is 11.3 Å². The van der Waals surface area contributed by atoms with Crippen LogP contribution in [0.25, 0.3) is 10.2 Å². The molecule has 2 rings (SSSR count). The van der Waals surface area contributed by atoms with E-state index < -0.39 is 17.5 Å². The fourth-order valence-corrected chi connectivity index (χ4v) is 2.75. The summed E-state index contributed by atoms with van der Waals surface area (Å²) in [4.78, 5) is 39.5. The molecule has 0 fully saturated rings. The summed E-state index contributed by atoms with van der Waals surface area (Å²) in [6.07, 6.45) is 0. The number of Topliss-reactive ketones (excluding diaryl/α,β-unsaturated/α-hetero) is 1. The Kier molecular flexibility index (Phi) is 3.48. The fourth-order valence-electron chi connectivity index (χ4n) is 1.69. The summed E-state index contributed by atoms with van der Waals surface area (Å²) in [6.45, 7) is 4.85. The van der Waals surface area contributed by atoms with Crippen molar-refractivity contribution in [2.24, 2.45) is 0 Å². The molecule has 6 nitrogen and oxygen atoms in total. The number of carbonyl (C=O) groups is 2. The van der Waals surface area contributed by atoms with Crippen molar-refractivity contribution in [3.8, 4) is 0 Å². The Morgan fingerprint density at radius 2 is 2.11 bits per heavy atom. The molecule has 7 heteroatoms. The second kappa shape index (κ2) is 4.93. The largest absolute Gasteiger partial charge is 0.459 e. The van der Waals surface area contributed by atoms with Gasteiger partial charge < -0.3 is 9.15 Å². The van der Waals surface area contributed by atoms with Gasteiger partial charge in [0.15, 0.2) is 5.78 Å². The first-order valence-corrected chi connectivity index (χ1v) is 6.39. The summed E-state index contributed by atoms with van der Waals surface area (Å²) in [6, 6.07) is 0. The number of aryl methyl sites for hydroxylation is 1. The first-order chi connectivity index (χ1) is 8.95. The topological polar surface area (TPSA) is 86.5 Å². The third-order valence-electron chi connectivity index (χ3n) is 2.49. The van der Waals surface area contributed by atoms with E-state index >= 15 is 0 Å². The van der Waals surface area contributed by atoms with Gasteiger partial charge in [0.1, 0.15) is 10.2 Å². The van der Waals surface area contributed by atoms with Crippen molar-refractivity contribution >= 4 is 33.3 Å². The van der Waals surface area contributed by atoms with Gasteiger partial charge in [-0.05, 0) is 26.3 Å². The maximum Gasteiger partial charge on any atom is 0.394 e. The summed E-state index contributed by atoms with van der Waals surface area (Å²) in [7, 11) is 0. The number of aromatic nitrogens is 1. The van der Waals surface area contributed by atoms with Crippen molar-refractivity contribution in [3.05, 3.63) is 26.8 Å². The summed E-state index contributed by atoms with van der Waals surface area (Å²) < 4.78 is 9.55. The molecule has 0 unspecified atom stereocenters. The predicted molar refractivity (Wildman–Crippen MR) is 68.9 cm³/mol. The number of thiophene rings is 1. The molecule has 0 bridgehead atoms. The van der Waals surface area contributed by atoms with Gasteiger partial charge in [-0.3, -0.25) is 4.79 Å². The number of ether oxygens (including phenoxy) is 1. The highest BCUT2D eigenvalue weighted by Gasteiger charge is 2.21. The van der Waals surface area contributed by atoms with Crippen LogP contribution in [0.2, 0.25) is 0 Å². The van der Waals surface area contributed by atoms with Crippen LogP contribution in [0.4, 0.5) is 0 Å². The smallest absolute Gasteiger partial charge is 0.394 e. The highest BCUT2D eigenvalue weighted by Crippen LogP contribution is 2.27. The number of esters is 1. The Morgan fingerprint density at radius 1 is 1.42 bits per heavy atom. The number of hydrogen-bond acceptors (Lipinski definition) is 7. The third kappa shape index (κ3) is 2.28. The first-order valence-electron chi connectivity index (χ1n) is 5.58. The quantitative estimate of drug-likeness (QED) is 0.631. The second-order valence-corrected chi connectivity index (χ2v) is 4.82. The van der Waals surface area contributed by atoms with E-state index in [0.717, 1.165) is 11.3 Å². The number of hydrogen-bond donors (Lipinski definition) is 0. The molecule has 19 heavy (non-hydrogen) atoms. The Labute approximate surface area is 112 Å². The van der Waals surface area contributed by atoms with Crippen LogP contribution in [0, 0.1) is 6.92 Å². The zero-order valence-corrected chi connectivity index (χ0v) is 11.4. The monoisotopic (exact) mass is 281 g/mol. The molecule has 100 valence electrons. The van der Waals surface area contributed by atoms with E-state index in [9.17, 15) is 14.4 Å². The van der Waals surface area contributed by atoms with Gasteiger partial charge in [0.05, 0.1) is 11.5 Å². The van der Waals surface area contributed by atoms with Gasteiger partial charge >= 0.3 is 17.5 Å². The number of rotatable bonds is 3. The van der Waals surface area contributed by atoms with E-state index in [1.165, 1.54) is 6.92 Å².